The molecule has 0 radical (unpaired) electrons. The summed E-state index contributed by atoms with van der Waals surface area (Å²) in [5.74, 6) is -0.186. The van der Waals surface area contributed by atoms with E-state index in [0.717, 1.165) is 12.0 Å². The highest BCUT2D eigenvalue weighted by Gasteiger charge is 2.15. The molecular formula is C18H21F. The predicted molar refractivity (Wildman–Crippen MR) is 79.9 cm³/mol. The molecule has 0 spiro atoms. The van der Waals surface area contributed by atoms with Gasteiger partial charge in [-0.1, -0.05) is 58.0 Å². The second kappa shape index (κ2) is 5.16. The summed E-state index contributed by atoms with van der Waals surface area (Å²) in [5.41, 5.74) is 5.05. The van der Waals surface area contributed by atoms with Crippen molar-refractivity contribution in [2.24, 2.45) is 0 Å². The van der Waals surface area contributed by atoms with Crippen molar-refractivity contribution in [1.82, 2.24) is 0 Å². The van der Waals surface area contributed by atoms with Crippen LogP contribution < -0.4 is 0 Å². The molecule has 0 heterocycles. The van der Waals surface area contributed by atoms with Gasteiger partial charge in [-0.05, 0) is 46.2 Å². The molecule has 19 heavy (non-hydrogen) atoms. The monoisotopic (exact) mass is 256 g/mol. The van der Waals surface area contributed by atoms with Gasteiger partial charge in [0, 0.05) is 0 Å². The fourth-order valence-electron chi connectivity index (χ4n) is 2.25. The second-order valence-corrected chi connectivity index (χ2v) is 5.98. The van der Waals surface area contributed by atoms with E-state index < -0.39 is 0 Å². The first kappa shape index (κ1) is 13.8. The van der Waals surface area contributed by atoms with Gasteiger partial charge in [-0.15, -0.1) is 0 Å². The standard InChI is InChI=1S/C18H21F/c1-5-13-6-9-15(18(2,3)4)12-17(13)14-7-10-16(19)11-8-14/h6-12H,5H2,1-4H3. The predicted octanol–water partition coefficient (Wildman–Crippen LogP) is 5.35. The molecule has 0 aliphatic rings. The van der Waals surface area contributed by atoms with E-state index in [-0.39, 0.29) is 11.2 Å². The highest BCUT2D eigenvalue weighted by Crippen LogP contribution is 2.30. The summed E-state index contributed by atoms with van der Waals surface area (Å²) in [4.78, 5) is 0. The van der Waals surface area contributed by atoms with Crippen molar-refractivity contribution < 1.29 is 4.39 Å². The summed E-state index contributed by atoms with van der Waals surface area (Å²) in [7, 11) is 0. The molecule has 0 amide bonds. The van der Waals surface area contributed by atoms with Crippen LogP contribution >= 0.6 is 0 Å². The van der Waals surface area contributed by atoms with E-state index in [1.54, 1.807) is 0 Å². The summed E-state index contributed by atoms with van der Waals surface area (Å²) in [5, 5.41) is 0. The minimum Gasteiger partial charge on any atom is -0.207 e. The van der Waals surface area contributed by atoms with E-state index >= 15 is 0 Å². The number of hydrogen-bond acceptors (Lipinski definition) is 0. The molecule has 100 valence electrons. The number of benzene rings is 2. The van der Waals surface area contributed by atoms with Crippen LogP contribution in [0.3, 0.4) is 0 Å². The highest BCUT2D eigenvalue weighted by molar-refractivity contribution is 5.68. The molecule has 2 aromatic rings. The van der Waals surface area contributed by atoms with Crippen LogP contribution in [0.25, 0.3) is 11.1 Å². The van der Waals surface area contributed by atoms with Crippen LogP contribution in [0.1, 0.15) is 38.8 Å². The Morgan fingerprint density at radius 3 is 2.11 bits per heavy atom. The zero-order valence-corrected chi connectivity index (χ0v) is 12.1. The Kier molecular flexibility index (Phi) is 3.75. The third-order valence-electron chi connectivity index (χ3n) is 3.51. The van der Waals surface area contributed by atoms with Gasteiger partial charge < -0.3 is 0 Å². The van der Waals surface area contributed by atoms with Crippen LogP contribution in [0.5, 0.6) is 0 Å². The van der Waals surface area contributed by atoms with Crippen LogP contribution in [-0.4, -0.2) is 0 Å². The van der Waals surface area contributed by atoms with Crippen molar-refractivity contribution in [1.29, 1.82) is 0 Å². The second-order valence-electron chi connectivity index (χ2n) is 5.98. The fourth-order valence-corrected chi connectivity index (χ4v) is 2.25. The quantitative estimate of drug-likeness (QED) is 0.679. The summed E-state index contributed by atoms with van der Waals surface area (Å²) in [6, 6.07) is 13.4. The first-order valence-electron chi connectivity index (χ1n) is 6.81. The zero-order chi connectivity index (χ0) is 14.0. The molecule has 2 rings (SSSR count). The maximum Gasteiger partial charge on any atom is 0.123 e. The Bertz CT molecular complexity index is 559. The molecule has 0 bridgehead atoms. The average Bonchev–Trinajstić information content (AvgIpc) is 2.38. The van der Waals surface area contributed by atoms with Crippen LogP contribution in [0.2, 0.25) is 0 Å². The van der Waals surface area contributed by atoms with Crippen LogP contribution in [0.15, 0.2) is 42.5 Å². The topological polar surface area (TPSA) is 0 Å². The first-order valence-corrected chi connectivity index (χ1v) is 6.81. The van der Waals surface area contributed by atoms with Gasteiger partial charge in [0.2, 0.25) is 0 Å². The Hall–Kier alpha value is -1.63. The molecule has 0 aliphatic heterocycles. The fraction of sp³-hybridized carbons (Fsp3) is 0.333. The van der Waals surface area contributed by atoms with Gasteiger partial charge in [0.25, 0.3) is 0 Å². The molecule has 2 aromatic carbocycles. The number of halogens is 1. The highest BCUT2D eigenvalue weighted by atomic mass is 19.1. The normalized spacial score (nSPS) is 11.6. The van der Waals surface area contributed by atoms with Gasteiger partial charge >= 0.3 is 0 Å². The van der Waals surface area contributed by atoms with Crippen molar-refractivity contribution >= 4 is 0 Å². The molecule has 0 aromatic heterocycles. The Morgan fingerprint density at radius 2 is 1.58 bits per heavy atom. The average molecular weight is 256 g/mol. The molecule has 0 fully saturated rings. The molecular weight excluding hydrogens is 235 g/mol. The maximum absolute atomic E-state index is 13.1. The van der Waals surface area contributed by atoms with Crippen molar-refractivity contribution in [2.75, 3.05) is 0 Å². The molecule has 0 N–H and O–H groups in total. The molecule has 0 unspecified atom stereocenters. The van der Waals surface area contributed by atoms with Crippen molar-refractivity contribution in [3.8, 4) is 11.1 Å². The maximum atomic E-state index is 13.1. The summed E-state index contributed by atoms with van der Waals surface area (Å²) < 4.78 is 13.1. The smallest absolute Gasteiger partial charge is 0.123 e. The number of aryl methyl sites for hydroxylation is 1. The minimum atomic E-state index is -0.186. The molecule has 1 heteroatoms. The number of hydrogen-bond donors (Lipinski definition) is 0. The van der Waals surface area contributed by atoms with E-state index in [1.165, 1.54) is 28.8 Å². The van der Waals surface area contributed by atoms with Crippen molar-refractivity contribution in [3.63, 3.8) is 0 Å². The first-order chi connectivity index (χ1) is 8.91. The SMILES string of the molecule is CCc1ccc(C(C)(C)C)cc1-c1ccc(F)cc1. The molecule has 0 saturated carbocycles. The van der Waals surface area contributed by atoms with Crippen LogP contribution in [0.4, 0.5) is 4.39 Å². The molecule has 0 saturated heterocycles. The molecule has 0 atom stereocenters. The summed E-state index contributed by atoms with van der Waals surface area (Å²) in [6.45, 7) is 8.78. The van der Waals surface area contributed by atoms with Crippen molar-refractivity contribution in [3.05, 3.63) is 59.4 Å². The third-order valence-corrected chi connectivity index (χ3v) is 3.51. The van der Waals surface area contributed by atoms with Crippen molar-refractivity contribution in [2.45, 2.75) is 39.5 Å². The van der Waals surface area contributed by atoms with Crippen LogP contribution in [-0.2, 0) is 11.8 Å². The van der Waals surface area contributed by atoms with E-state index in [9.17, 15) is 4.39 Å². The van der Waals surface area contributed by atoms with Gasteiger partial charge in [0.1, 0.15) is 5.82 Å². The van der Waals surface area contributed by atoms with Gasteiger partial charge in [0.05, 0.1) is 0 Å². The van der Waals surface area contributed by atoms with Crippen LogP contribution in [0, 0.1) is 5.82 Å². The zero-order valence-electron chi connectivity index (χ0n) is 12.1. The van der Waals surface area contributed by atoms with Gasteiger partial charge in [-0.2, -0.15) is 0 Å². The van der Waals surface area contributed by atoms with E-state index in [4.69, 9.17) is 0 Å². The summed E-state index contributed by atoms with van der Waals surface area (Å²) in [6.07, 6.45) is 0.983. The Labute approximate surface area is 115 Å². The lowest BCUT2D eigenvalue weighted by Crippen LogP contribution is -2.11. The largest absolute Gasteiger partial charge is 0.207 e. The number of rotatable bonds is 2. The summed E-state index contributed by atoms with van der Waals surface area (Å²) >= 11 is 0. The van der Waals surface area contributed by atoms with Gasteiger partial charge in [-0.25, -0.2) is 4.39 Å². The Morgan fingerprint density at radius 1 is 0.947 bits per heavy atom. The van der Waals surface area contributed by atoms with Gasteiger partial charge in [0.15, 0.2) is 0 Å². The van der Waals surface area contributed by atoms with Gasteiger partial charge in [-0.3, -0.25) is 0 Å². The lowest BCUT2D eigenvalue weighted by Gasteiger charge is -2.21. The minimum absolute atomic E-state index is 0.126. The lowest BCUT2D eigenvalue weighted by molar-refractivity contribution is 0.590. The molecule has 0 aliphatic carbocycles. The van der Waals surface area contributed by atoms with E-state index in [1.807, 2.05) is 12.1 Å². The lowest BCUT2D eigenvalue weighted by atomic mass is 9.84. The van der Waals surface area contributed by atoms with E-state index in [2.05, 4.69) is 45.9 Å². The Balaban J connectivity index is 2.56. The molecule has 0 nitrogen and oxygen atoms in total. The third kappa shape index (κ3) is 3.04. The van der Waals surface area contributed by atoms with E-state index in [0.29, 0.717) is 0 Å².